The topological polar surface area (TPSA) is 0 Å². The first-order chi connectivity index (χ1) is 6.20. The molecular weight excluding hydrogens is 226 g/mol. The predicted octanol–water partition coefficient (Wildman–Crippen LogP) is 4.80. The molecule has 0 unspecified atom stereocenters. The van der Waals surface area contributed by atoms with E-state index in [1.54, 1.807) is 0 Å². The molecule has 0 fully saturated rings. The van der Waals surface area contributed by atoms with Gasteiger partial charge in [-0.3, -0.25) is 0 Å². The number of halogens is 3. The van der Waals surface area contributed by atoms with Crippen LogP contribution in [0.1, 0.15) is 0 Å². The van der Waals surface area contributed by atoms with Gasteiger partial charge in [0, 0.05) is 5.39 Å². The van der Waals surface area contributed by atoms with Crippen molar-refractivity contribution in [2.45, 2.75) is 0 Å². The number of rotatable bonds is 0. The molecule has 0 aliphatic rings. The summed E-state index contributed by atoms with van der Waals surface area (Å²) in [5.74, 6) is 0. The van der Waals surface area contributed by atoms with Crippen LogP contribution in [0.5, 0.6) is 0 Å². The second kappa shape index (κ2) is 3.38. The lowest BCUT2D eigenvalue weighted by Gasteiger charge is -2.03. The highest BCUT2D eigenvalue weighted by Gasteiger charge is 2.07. The van der Waals surface area contributed by atoms with E-state index in [4.69, 9.17) is 34.8 Å². The summed E-state index contributed by atoms with van der Waals surface area (Å²) in [7, 11) is 0. The third-order valence-electron chi connectivity index (χ3n) is 1.88. The summed E-state index contributed by atoms with van der Waals surface area (Å²) in [6.45, 7) is 0. The van der Waals surface area contributed by atoms with E-state index in [1.165, 1.54) is 0 Å². The Kier molecular flexibility index (Phi) is 2.37. The fraction of sp³-hybridized carbons (Fsp3) is 0. The summed E-state index contributed by atoms with van der Waals surface area (Å²) >= 11 is 17.8. The maximum atomic E-state index is 6.01. The molecular formula is C10H5Cl3. The van der Waals surface area contributed by atoms with Crippen molar-refractivity contribution in [3.63, 3.8) is 0 Å². The van der Waals surface area contributed by atoms with Gasteiger partial charge in [-0.05, 0) is 11.5 Å². The number of hydrogen-bond acceptors (Lipinski definition) is 0. The molecule has 0 heterocycles. The van der Waals surface area contributed by atoms with Crippen LogP contribution in [-0.4, -0.2) is 0 Å². The van der Waals surface area contributed by atoms with Crippen LogP contribution in [0.2, 0.25) is 15.1 Å². The molecule has 0 aromatic heterocycles. The van der Waals surface area contributed by atoms with Crippen molar-refractivity contribution in [3.05, 3.63) is 45.4 Å². The number of hydrogen-bond donors (Lipinski definition) is 0. The first-order valence-electron chi connectivity index (χ1n) is 3.72. The molecule has 0 bridgehead atoms. The van der Waals surface area contributed by atoms with Crippen molar-refractivity contribution in [3.8, 4) is 0 Å². The standard InChI is InChI=1S/C10H5Cl3/c11-8-5-6-3-1-2-4-7(6)9(12)10(8)13/h1-5H. The first-order valence-corrected chi connectivity index (χ1v) is 4.86. The minimum Gasteiger partial charge on any atom is -0.0826 e. The van der Waals surface area contributed by atoms with Gasteiger partial charge in [-0.1, -0.05) is 59.1 Å². The molecule has 0 N–H and O–H groups in total. The van der Waals surface area contributed by atoms with Crippen LogP contribution in [0.15, 0.2) is 30.3 Å². The van der Waals surface area contributed by atoms with E-state index in [1.807, 2.05) is 30.3 Å². The zero-order valence-corrected chi connectivity index (χ0v) is 8.79. The normalized spacial score (nSPS) is 10.7. The van der Waals surface area contributed by atoms with Crippen LogP contribution in [0.3, 0.4) is 0 Å². The van der Waals surface area contributed by atoms with Gasteiger partial charge in [-0.15, -0.1) is 0 Å². The second-order valence-electron chi connectivity index (χ2n) is 2.71. The molecule has 3 heteroatoms. The third-order valence-corrected chi connectivity index (χ3v) is 3.16. The Morgan fingerprint density at radius 1 is 0.846 bits per heavy atom. The van der Waals surface area contributed by atoms with E-state index in [2.05, 4.69) is 0 Å². The van der Waals surface area contributed by atoms with Gasteiger partial charge in [0.15, 0.2) is 0 Å². The van der Waals surface area contributed by atoms with E-state index >= 15 is 0 Å². The van der Waals surface area contributed by atoms with Gasteiger partial charge < -0.3 is 0 Å². The summed E-state index contributed by atoms with van der Waals surface area (Å²) in [5.41, 5.74) is 0. The van der Waals surface area contributed by atoms with Gasteiger partial charge in [0.05, 0.1) is 15.1 Å². The molecule has 0 amide bonds. The molecule has 0 spiro atoms. The third kappa shape index (κ3) is 1.50. The molecule has 66 valence electrons. The van der Waals surface area contributed by atoms with Crippen LogP contribution < -0.4 is 0 Å². The van der Waals surface area contributed by atoms with Gasteiger partial charge in [0.1, 0.15) is 0 Å². The van der Waals surface area contributed by atoms with Crippen LogP contribution in [0.4, 0.5) is 0 Å². The molecule has 2 aromatic carbocycles. The summed E-state index contributed by atoms with van der Waals surface area (Å²) in [5, 5.41) is 3.36. The van der Waals surface area contributed by atoms with Gasteiger partial charge in [0.2, 0.25) is 0 Å². The van der Waals surface area contributed by atoms with Crippen molar-refractivity contribution in [2.24, 2.45) is 0 Å². The molecule has 0 aliphatic carbocycles. The van der Waals surface area contributed by atoms with Gasteiger partial charge >= 0.3 is 0 Å². The summed E-state index contributed by atoms with van der Waals surface area (Å²) < 4.78 is 0. The molecule has 0 saturated carbocycles. The Balaban J connectivity index is 2.94. The van der Waals surface area contributed by atoms with Crippen molar-refractivity contribution in [1.29, 1.82) is 0 Å². The summed E-state index contributed by atoms with van der Waals surface area (Å²) in [6.07, 6.45) is 0. The Morgan fingerprint density at radius 3 is 2.31 bits per heavy atom. The van der Waals surface area contributed by atoms with Crippen molar-refractivity contribution < 1.29 is 0 Å². The molecule has 0 saturated heterocycles. The average Bonchev–Trinajstić information content (AvgIpc) is 2.15. The van der Waals surface area contributed by atoms with E-state index in [0.29, 0.717) is 15.1 Å². The molecule has 0 nitrogen and oxygen atoms in total. The Labute approximate surface area is 91.0 Å². The Hall–Kier alpha value is -0.430. The monoisotopic (exact) mass is 230 g/mol. The predicted molar refractivity (Wildman–Crippen MR) is 59.0 cm³/mol. The van der Waals surface area contributed by atoms with E-state index in [9.17, 15) is 0 Å². The second-order valence-corrected chi connectivity index (χ2v) is 3.87. The lowest BCUT2D eigenvalue weighted by atomic mass is 10.1. The fourth-order valence-corrected chi connectivity index (χ4v) is 1.94. The van der Waals surface area contributed by atoms with Crippen molar-refractivity contribution >= 4 is 45.6 Å². The van der Waals surface area contributed by atoms with Crippen molar-refractivity contribution in [2.75, 3.05) is 0 Å². The highest BCUT2D eigenvalue weighted by Crippen LogP contribution is 2.36. The van der Waals surface area contributed by atoms with E-state index in [0.717, 1.165) is 10.8 Å². The average molecular weight is 232 g/mol. The number of benzene rings is 2. The maximum absolute atomic E-state index is 6.01. The SMILES string of the molecule is Clc1cc2ccccc2c(Cl)c1Cl. The number of fused-ring (bicyclic) bond motifs is 1. The van der Waals surface area contributed by atoms with Gasteiger partial charge in [-0.25, -0.2) is 0 Å². The Morgan fingerprint density at radius 2 is 1.54 bits per heavy atom. The van der Waals surface area contributed by atoms with Crippen LogP contribution in [0.25, 0.3) is 10.8 Å². The van der Waals surface area contributed by atoms with Crippen molar-refractivity contribution in [1.82, 2.24) is 0 Å². The molecule has 13 heavy (non-hydrogen) atoms. The Bertz CT molecular complexity index is 463. The van der Waals surface area contributed by atoms with Crippen LogP contribution >= 0.6 is 34.8 Å². The van der Waals surface area contributed by atoms with Gasteiger partial charge in [-0.2, -0.15) is 0 Å². The van der Waals surface area contributed by atoms with Crippen LogP contribution in [0, 0.1) is 0 Å². The minimum atomic E-state index is 0.419. The van der Waals surface area contributed by atoms with Gasteiger partial charge in [0.25, 0.3) is 0 Å². The minimum absolute atomic E-state index is 0.419. The zero-order valence-electron chi connectivity index (χ0n) is 6.52. The summed E-state index contributed by atoms with van der Waals surface area (Å²) in [4.78, 5) is 0. The lowest BCUT2D eigenvalue weighted by Crippen LogP contribution is -1.77. The lowest BCUT2D eigenvalue weighted by molar-refractivity contribution is 1.74. The summed E-state index contributed by atoms with van der Waals surface area (Å²) in [6, 6.07) is 9.52. The quantitative estimate of drug-likeness (QED) is 0.571. The highest BCUT2D eigenvalue weighted by molar-refractivity contribution is 6.50. The first kappa shape index (κ1) is 9.14. The smallest absolute Gasteiger partial charge is 0.0785 e. The van der Waals surface area contributed by atoms with Crippen LogP contribution in [-0.2, 0) is 0 Å². The van der Waals surface area contributed by atoms with E-state index in [-0.39, 0.29) is 0 Å². The molecule has 2 rings (SSSR count). The molecule has 0 atom stereocenters. The van der Waals surface area contributed by atoms with E-state index < -0.39 is 0 Å². The fourth-order valence-electron chi connectivity index (χ4n) is 1.25. The highest BCUT2D eigenvalue weighted by atomic mass is 35.5. The molecule has 0 radical (unpaired) electrons. The molecule has 2 aromatic rings. The largest absolute Gasteiger partial charge is 0.0826 e. The molecule has 0 aliphatic heterocycles. The zero-order chi connectivity index (χ0) is 9.42. The maximum Gasteiger partial charge on any atom is 0.0785 e.